The molecule has 1 heterocycles. The summed E-state index contributed by atoms with van der Waals surface area (Å²) < 4.78 is 36.4. The van der Waals surface area contributed by atoms with Gasteiger partial charge in [-0.25, -0.2) is 4.98 Å². The van der Waals surface area contributed by atoms with E-state index in [1.54, 1.807) is 30.3 Å². The van der Waals surface area contributed by atoms with E-state index in [2.05, 4.69) is 10.3 Å². The van der Waals surface area contributed by atoms with Crippen molar-refractivity contribution in [2.24, 2.45) is 0 Å². The summed E-state index contributed by atoms with van der Waals surface area (Å²) >= 11 is 0.990. The first-order chi connectivity index (χ1) is 12.3. The third-order valence-corrected chi connectivity index (χ3v) is 4.60. The van der Waals surface area contributed by atoms with Gasteiger partial charge in [0.25, 0.3) is 5.91 Å². The minimum atomic E-state index is -4.45. The summed E-state index contributed by atoms with van der Waals surface area (Å²) in [6.45, 7) is -1.37. The molecule has 9 heteroatoms. The van der Waals surface area contributed by atoms with Crippen molar-refractivity contribution in [2.75, 3.05) is 12.3 Å². The maximum atomic E-state index is 12.5. The number of nitrogens with one attached hydrogen (secondary N) is 2. The molecule has 2 N–H and O–H groups in total. The number of pyridine rings is 1. The van der Waals surface area contributed by atoms with Crippen molar-refractivity contribution in [1.29, 1.82) is 0 Å². The Balaban J connectivity index is 1.73. The Morgan fingerprint density at radius 2 is 1.96 bits per heavy atom. The Bertz CT molecular complexity index is 838. The number of fused-ring (bicyclic) bond motifs is 1. The number of benzene rings is 1. The van der Waals surface area contributed by atoms with Gasteiger partial charge in [-0.1, -0.05) is 30.0 Å². The minimum Gasteiger partial charge on any atom is -0.349 e. The number of hydrogen-bond donors (Lipinski definition) is 2. The summed E-state index contributed by atoms with van der Waals surface area (Å²) in [6, 6.07) is 8.88. The Labute approximate surface area is 151 Å². The first-order valence-corrected chi connectivity index (χ1v) is 8.97. The lowest BCUT2D eigenvalue weighted by Crippen LogP contribution is -2.34. The smallest absolute Gasteiger partial charge is 0.349 e. The number of para-hydroxylation sites is 1. The van der Waals surface area contributed by atoms with Crippen LogP contribution in [0.3, 0.4) is 0 Å². The van der Waals surface area contributed by atoms with E-state index in [0.29, 0.717) is 21.5 Å². The molecule has 1 aliphatic rings. The Hall–Kier alpha value is -2.29. The number of carbonyl (C=O) groups is 2. The third kappa shape index (κ3) is 5.10. The number of aromatic nitrogens is 1. The van der Waals surface area contributed by atoms with E-state index in [-0.39, 0.29) is 17.7 Å². The van der Waals surface area contributed by atoms with Crippen LogP contribution >= 0.6 is 11.8 Å². The highest BCUT2D eigenvalue weighted by Crippen LogP contribution is 2.26. The summed E-state index contributed by atoms with van der Waals surface area (Å²) in [6.07, 6.45) is -2.54. The van der Waals surface area contributed by atoms with Crippen molar-refractivity contribution in [3.8, 4) is 0 Å². The predicted octanol–water partition coefficient (Wildman–Crippen LogP) is 2.90. The van der Waals surface area contributed by atoms with Crippen molar-refractivity contribution in [2.45, 2.75) is 30.1 Å². The molecule has 138 valence electrons. The zero-order valence-corrected chi connectivity index (χ0v) is 14.4. The molecule has 0 radical (unpaired) electrons. The molecule has 1 aromatic carbocycles. The van der Waals surface area contributed by atoms with Crippen molar-refractivity contribution in [1.82, 2.24) is 15.6 Å². The number of alkyl halides is 3. The maximum Gasteiger partial charge on any atom is 0.405 e. The van der Waals surface area contributed by atoms with Crippen LogP contribution in [0.25, 0.3) is 10.9 Å². The van der Waals surface area contributed by atoms with Gasteiger partial charge in [-0.05, 0) is 25.0 Å². The highest BCUT2D eigenvalue weighted by molar-refractivity contribution is 7.99. The summed E-state index contributed by atoms with van der Waals surface area (Å²) in [5.74, 6) is -1.17. The SMILES string of the molecule is O=C(CSc1cc(C(=O)NC2CC2)c2ccccc2n1)NCC(F)(F)F. The second-order valence-electron chi connectivity index (χ2n) is 5.95. The molecule has 0 bridgehead atoms. The average Bonchev–Trinajstić information content (AvgIpc) is 3.40. The number of carbonyl (C=O) groups excluding carboxylic acids is 2. The van der Waals surface area contributed by atoms with Crippen LogP contribution in [-0.4, -0.2) is 41.3 Å². The molecule has 0 aliphatic heterocycles. The molecule has 1 aliphatic carbocycles. The molecule has 5 nitrogen and oxygen atoms in total. The quantitative estimate of drug-likeness (QED) is 0.753. The molecule has 2 amide bonds. The van der Waals surface area contributed by atoms with E-state index >= 15 is 0 Å². The molecule has 26 heavy (non-hydrogen) atoms. The van der Waals surface area contributed by atoms with Crippen molar-refractivity contribution in [3.05, 3.63) is 35.9 Å². The topological polar surface area (TPSA) is 71.1 Å². The van der Waals surface area contributed by atoms with Gasteiger partial charge in [-0.2, -0.15) is 13.2 Å². The fourth-order valence-electron chi connectivity index (χ4n) is 2.29. The van der Waals surface area contributed by atoms with Crippen LogP contribution in [0.1, 0.15) is 23.2 Å². The van der Waals surface area contributed by atoms with Crippen LogP contribution in [0.2, 0.25) is 0 Å². The molecule has 3 rings (SSSR count). The molecule has 1 fully saturated rings. The fraction of sp³-hybridized carbons (Fsp3) is 0.353. The highest BCUT2D eigenvalue weighted by Gasteiger charge is 2.28. The monoisotopic (exact) mass is 383 g/mol. The zero-order valence-electron chi connectivity index (χ0n) is 13.6. The van der Waals surface area contributed by atoms with Crippen molar-refractivity contribution >= 4 is 34.5 Å². The number of nitrogens with zero attached hydrogens (tertiary/aromatic N) is 1. The molecule has 2 aromatic rings. The van der Waals surface area contributed by atoms with Gasteiger partial charge < -0.3 is 10.6 Å². The van der Waals surface area contributed by atoms with Crippen LogP contribution < -0.4 is 10.6 Å². The van der Waals surface area contributed by atoms with Crippen LogP contribution in [0, 0.1) is 0 Å². The van der Waals surface area contributed by atoms with Gasteiger partial charge >= 0.3 is 6.18 Å². The highest BCUT2D eigenvalue weighted by atomic mass is 32.2. The van der Waals surface area contributed by atoms with Crippen molar-refractivity contribution < 1.29 is 22.8 Å². The second-order valence-corrected chi connectivity index (χ2v) is 6.95. The second kappa shape index (κ2) is 7.53. The molecule has 0 saturated heterocycles. The van der Waals surface area contributed by atoms with Gasteiger partial charge in [0.05, 0.1) is 21.9 Å². The minimum absolute atomic E-state index is 0.193. The van der Waals surface area contributed by atoms with E-state index in [9.17, 15) is 22.8 Å². The van der Waals surface area contributed by atoms with Gasteiger partial charge in [0, 0.05) is 11.4 Å². The van der Waals surface area contributed by atoms with Crippen LogP contribution in [0.4, 0.5) is 13.2 Å². The number of amides is 2. The van der Waals surface area contributed by atoms with Gasteiger partial charge in [0.15, 0.2) is 0 Å². The predicted molar refractivity (Wildman–Crippen MR) is 92.0 cm³/mol. The lowest BCUT2D eigenvalue weighted by molar-refractivity contribution is -0.136. The summed E-state index contributed by atoms with van der Waals surface area (Å²) in [4.78, 5) is 28.4. The van der Waals surface area contributed by atoms with Gasteiger partial charge in [-0.3, -0.25) is 9.59 Å². The number of thioether (sulfide) groups is 1. The summed E-state index contributed by atoms with van der Waals surface area (Å²) in [5.41, 5.74) is 1.04. The van der Waals surface area contributed by atoms with Crippen LogP contribution in [0.15, 0.2) is 35.4 Å². The Kier molecular flexibility index (Phi) is 5.36. The van der Waals surface area contributed by atoms with E-state index in [4.69, 9.17) is 0 Å². The zero-order chi connectivity index (χ0) is 18.7. The van der Waals surface area contributed by atoms with E-state index < -0.39 is 18.6 Å². The molecule has 0 spiro atoms. The summed E-state index contributed by atoms with van der Waals surface area (Å²) in [5, 5.41) is 5.82. The third-order valence-electron chi connectivity index (χ3n) is 3.69. The first-order valence-electron chi connectivity index (χ1n) is 7.99. The maximum absolute atomic E-state index is 12.5. The Morgan fingerprint density at radius 3 is 2.65 bits per heavy atom. The molecular weight excluding hydrogens is 367 g/mol. The largest absolute Gasteiger partial charge is 0.405 e. The molecule has 1 aromatic heterocycles. The normalized spacial score (nSPS) is 14.3. The molecule has 0 unspecified atom stereocenters. The number of rotatable bonds is 6. The van der Waals surface area contributed by atoms with E-state index in [1.807, 2.05) is 5.32 Å². The van der Waals surface area contributed by atoms with Gasteiger partial charge in [0.2, 0.25) is 5.91 Å². The Morgan fingerprint density at radius 1 is 1.23 bits per heavy atom. The summed E-state index contributed by atoms with van der Waals surface area (Å²) in [7, 11) is 0. The van der Waals surface area contributed by atoms with Gasteiger partial charge in [0.1, 0.15) is 6.54 Å². The molecular formula is C17H16F3N3O2S. The van der Waals surface area contributed by atoms with Crippen LogP contribution in [-0.2, 0) is 4.79 Å². The van der Waals surface area contributed by atoms with E-state index in [1.165, 1.54) is 0 Å². The van der Waals surface area contributed by atoms with E-state index in [0.717, 1.165) is 24.6 Å². The lowest BCUT2D eigenvalue weighted by atomic mass is 10.1. The first kappa shape index (κ1) is 18.5. The number of hydrogen-bond acceptors (Lipinski definition) is 4. The average molecular weight is 383 g/mol. The lowest BCUT2D eigenvalue weighted by Gasteiger charge is -2.10. The van der Waals surface area contributed by atoms with Crippen molar-refractivity contribution in [3.63, 3.8) is 0 Å². The molecule has 0 atom stereocenters. The van der Waals surface area contributed by atoms with Crippen LogP contribution in [0.5, 0.6) is 0 Å². The molecule has 1 saturated carbocycles. The number of halogens is 3. The fourth-order valence-corrected chi connectivity index (χ4v) is 3.04. The standard InChI is InChI=1S/C17H16F3N3O2S/c18-17(19,20)9-21-14(24)8-26-15-7-12(16(25)22-10-5-6-10)11-3-1-2-4-13(11)23-15/h1-4,7,10H,5-6,8-9H2,(H,21,24)(H,22,25). The van der Waals surface area contributed by atoms with Gasteiger partial charge in [-0.15, -0.1) is 0 Å².